The summed E-state index contributed by atoms with van der Waals surface area (Å²) in [5.41, 5.74) is 0. The van der Waals surface area contributed by atoms with Gasteiger partial charge in [-0.3, -0.25) is 0 Å². The van der Waals surface area contributed by atoms with Gasteiger partial charge in [0.05, 0.1) is 0 Å². The Kier molecular flexibility index (Phi) is 5.93. The van der Waals surface area contributed by atoms with E-state index in [1.54, 1.807) is 0 Å². The van der Waals surface area contributed by atoms with E-state index in [0.29, 0.717) is 17.7 Å². The molecule has 1 N–H and O–H groups in total. The molecule has 2 atom stereocenters. The first kappa shape index (κ1) is 15.0. The van der Waals surface area contributed by atoms with Crippen LogP contribution in [0.3, 0.4) is 0 Å². The van der Waals surface area contributed by atoms with Crippen LogP contribution in [0.1, 0.15) is 46.0 Å². The summed E-state index contributed by atoms with van der Waals surface area (Å²) in [6, 6.07) is 0.504. The Morgan fingerprint density at radius 2 is 2.00 bits per heavy atom. The lowest BCUT2D eigenvalue weighted by atomic mass is 9.93. The summed E-state index contributed by atoms with van der Waals surface area (Å²) in [7, 11) is -2.80. The summed E-state index contributed by atoms with van der Waals surface area (Å²) in [5, 5.41) is 3.58. The van der Waals surface area contributed by atoms with Crippen molar-refractivity contribution in [3.8, 4) is 0 Å². The van der Waals surface area contributed by atoms with E-state index >= 15 is 0 Å². The van der Waals surface area contributed by atoms with E-state index < -0.39 is 9.84 Å². The summed E-state index contributed by atoms with van der Waals surface area (Å²) < 4.78 is 22.2. The Labute approximate surface area is 106 Å². The van der Waals surface area contributed by atoms with E-state index in [1.165, 1.54) is 19.1 Å². The summed E-state index contributed by atoms with van der Waals surface area (Å²) in [6.07, 6.45) is 6.96. The van der Waals surface area contributed by atoms with Gasteiger partial charge in [0.2, 0.25) is 0 Å². The van der Waals surface area contributed by atoms with Crippen LogP contribution in [0.4, 0.5) is 0 Å². The third kappa shape index (κ3) is 6.41. The molecule has 1 aliphatic rings. The van der Waals surface area contributed by atoms with Crippen LogP contribution in [0.15, 0.2) is 0 Å². The first-order valence-corrected chi connectivity index (χ1v) is 8.91. The van der Waals surface area contributed by atoms with Gasteiger partial charge in [-0.15, -0.1) is 0 Å². The molecule has 4 heteroatoms. The highest BCUT2D eigenvalue weighted by Gasteiger charge is 2.32. The molecule has 0 aromatic rings. The molecular weight excluding hydrogens is 234 g/mol. The van der Waals surface area contributed by atoms with Crippen molar-refractivity contribution in [1.29, 1.82) is 0 Å². The van der Waals surface area contributed by atoms with Gasteiger partial charge in [0.25, 0.3) is 0 Å². The first-order chi connectivity index (χ1) is 7.94. The van der Waals surface area contributed by atoms with Gasteiger partial charge in [0.15, 0.2) is 0 Å². The molecule has 0 aliphatic heterocycles. The van der Waals surface area contributed by atoms with Crippen LogP contribution < -0.4 is 5.32 Å². The molecule has 1 aliphatic carbocycles. The molecule has 0 aromatic carbocycles. The van der Waals surface area contributed by atoms with Crippen molar-refractivity contribution in [2.45, 2.75) is 52.0 Å². The van der Waals surface area contributed by atoms with E-state index in [-0.39, 0.29) is 0 Å². The highest BCUT2D eigenvalue weighted by Crippen LogP contribution is 2.39. The van der Waals surface area contributed by atoms with Crippen molar-refractivity contribution in [2.24, 2.45) is 11.8 Å². The van der Waals surface area contributed by atoms with Crippen LogP contribution in [0.2, 0.25) is 0 Å². The topological polar surface area (TPSA) is 46.2 Å². The smallest absolute Gasteiger partial charge is 0.147 e. The Morgan fingerprint density at radius 1 is 1.35 bits per heavy atom. The zero-order valence-electron chi connectivity index (χ0n) is 11.4. The summed E-state index contributed by atoms with van der Waals surface area (Å²) in [6.45, 7) is 5.52. The molecule has 3 nitrogen and oxygen atoms in total. The molecule has 0 aromatic heterocycles. The second-order valence-corrected chi connectivity index (χ2v) is 7.79. The maximum absolute atomic E-state index is 11.1. The van der Waals surface area contributed by atoms with Crippen molar-refractivity contribution in [1.82, 2.24) is 5.32 Å². The number of sulfone groups is 1. The lowest BCUT2D eigenvalue weighted by Gasteiger charge is -2.25. The lowest BCUT2D eigenvalue weighted by molar-refractivity contribution is 0.323. The zero-order valence-corrected chi connectivity index (χ0v) is 12.2. The van der Waals surface area contributed by atoms with Gasteiger partial charge in [-0.25, -0.2) is 8.42 Å². The maximum Gasteiger partial charge on any atom is 0.147 e. The molecule has 0 bridgehead atoms. The average molecular weight is 261 g/mol. The number of hydrogen-bond donors (Lipinski definition) is 1. The van der Waals surface area contributed by atoms with E-state index in [2.05, 4.69) is 19.2 Å². The molecule has 0 saturated heterocycles. The fraction of sp³-hybridized carbons (Fsp3) is 1.00. The van der Waals surface area contributed by atoms with Gasteiger partial charge < -0.3 is 5.32 Å². The summed E-state index contributed by atoms with van der Waals surface area (Å²) in [4.78, 5) is 0. The Balaban J connectivity index is 2.34. The molecule has 1 rings (SSSR count). The number of hydrogen-bond acceptors (Lipinski definition) is 3. The molecule has 17 heavy (non-hydrogen) atoms. The predicted octanol–water partition coefficient (Wildman–Crippen LogP) is 2.23. The Bertz CT molecular complexity index is 309. The Morgan fingerprint density at radius 3 is 2.47 bits per heavy atom. The van der Waals surface area contributed by atoms with Gasteiger partial charge in [-0.2, -0.15) is 0 Å². The second-order valence-electron chi connectivity index (χ2n) is 5.53. The molecule has 0 heterocycles. The molecule has 0 amide bonds. The average Bonchev–Trinajstić information content (AvgIpc) is 3.04. The van der Waals surface area contributed by atoms with E-state index in [9.17, 15) is 8.42 Å². The van der Waals surface area contributed by atoms with Crippen LogP contribution in [-0.4, -0.2) is 33.0 Å². The molecule has 0 radical (unpaired) electrons. The summed E-state index contributed by atoms with van der Waals surface area (Å²) in [5.74, 6) is 1.90. The third-order valence-corrected chi connectivity index (χ3v) is 4.72. The van der Waals surface area contributed by atoms with Crippen molar-refractivity contribution >= 4 is 9.84 Å². The fourth-order valence-corrected chi connectivity index (χ4v) is 3.09. The molecule has 102 valence electrons. The first-order valence-electron chi connectivity index (χ1n) is 6.85. The number of nitrogens with one attached hydrogen (secondary N) is 1. The third-order valence-electron chi connectivity index (χ3n) is 3.69. The van der Waals surface area contributed by atoms with Crippen molar-refractivity contribution < 1.29 is 8.42 Å². The van der Waals surface area contributed by atoms with Crippen molar-refractivity contribution in [3.63, 3.8) is 0 Å². The minimum atomic E-state index is -2.80. The quantitative estimate of drug-likeness (QED) is 0.692. The predicted molar refractivity (Wildman–Crippen MR) is 72.9 cm³/mol. The van der Waals surface area contributed by atoms with Crippen molar-refractivity contribution in [2.75, 3.05) is 18.6 Å². The monoisotopic (exact) mass is 261 g/mol. The molecule has 2 unspecified atom stereocenters. The van der Waals surface area contributed by atoms with E-state index in [1.807, 2.05) is 0 Å². The van der Waals surface area contributed by atoms with E-state index in [0.717, 1.165) is 31.7 Å². The van der Waals surface area contributed by atoms with Crippen LogP contribution in [-0.2, 0) is 9.84 Å². The van der Waals surface area contributed by atoms with Crippen LogP contribution in [0.5, 0.6) is 0 Å². The maximum atomic E-state index is 11.1. The molecular formula is C13H27NO2S. The fourth-order valence-electron chi connectivity index (χ4n) is 2.40. The van der Waals surface area contributed by atoms with Gasteiger partial charge in [-0.05, 0) is 50.5 Å². The minimum absolute atomic E-state index is 0.328. The van der Waals surface area contributed by atoms with Gasteiger partial charge in [-0.1, -0.05) is 13.8 Å². The highest BCUT2D eigenvalue weighted by molar-refractivity contribution is 7.90. The molecule has 1 fully saturated rings. The van der Waals surface area contributed by atoms with Crippen LogP contribution in [0, 0.1) is 11.8 Å². The largest absolute Gasteiger partial charge is 0.314 e. The van der Waals surface area contributed by atoms with Gasteiger partial charge in [0.1, 0.15) is 9.84 Å². The SMILES string of the molecule is CCCNC(CCCS(C)(=O)=O)C(C)C1CC1. The summed E-state index contributed by atoms with van der Waals surface area (Å²) >= 11 is 0. The van der Waals surface area contributed by atoms with Crippen LogP contribution in [0.25, 0.3) is 0 Å². The van der Waals surface area contributed by atoms with Crippen molar-refractivity contribution in [3.05, 3.63) is 0 Å². The second kappa shape index (κ2) is 6.74. The zero-order chi connectivity index (χ0) is 12.9. The highest BCUT2D eigenvalue weighted by atomic mass is 32.2. The standard InChI is InChI=1S/C13H27NO2S/c1-4-9-14-13(11(2)12-7-8-12)6-5-10-17(3,15)16/h11-14H,4-10H2,1-3H3. The molecule has 1 saturated carbocycles. The van der Waals surface area contributed by atoms with Crippen LogP contribution >= 0.6 is 0 Å². The Hall–Kier alpha value is -0.0900. The van der Waals surface area contributed by atoms with Gasteiger partial charge in [0, 0.05) is 18.1 Å². The normalized spacial score (nSPS) is 20.2. The molecule has 0 spiro atoms. The van der Waals surface area contributed by atoms with Gasteiger partial charge >= 0.3 is 0 Å². The lowest BCUT2D eigenvalue weighted by Crippen LogP contribution is -2.36. The minimum Gasteiger partial charge on any atom is -0.314 e. The number of rotatable bonds is 9. The van der Waals surface area contributed by atoms with E-state index in [4.69, 9.17) is 0 Å².